The Kier molecular flexibility index (Phi) is 5.35. The molecule has 3 rings (SSSR count). The van der Waals surface area contributed by atoms with E-state index in [1.165, 1.54) is 0 Å². The van der Waals surface area contributed by atoms with Gasteiger partial charge in [0.2, 0.25) is 0 Å². The summed E-state index contributed by atoms with van der Waals surface area (Å²) in [6, 6.07) is 2.26. The van der Waals surface area contributed by atoms with E-state index in [4.69, 9.17) is 10.5 Å². The van der Waals surface area contributed by atoms with Crippen molar-refractivity contribution in [3.63, 3.8) is 0 Å². The van der Waals surface area contributed by atoms with Crippen LogP contribution in [-0.4, -0.2) is 33.4 Å². The number of rotatable bonds is 3. The van der Waals surface area contributed by atoms with E-state index in [0.29, 0.717) is 12.4 Å². The molecule has 1 aromatic carbocycles. The van der Waals surface area contributed by atoms with Gasteiger partial charge in [0.25, 0.3) is 11.9 Å². The summed E-state index contributed by atoms with van der Waals surface area (Å²) in [6.45, 7) is 3.11. The van der Waals surface area contributed by atoms with Crippen molar-refractivity contribution in [1.82, 2.24) is 9.97 Å². The molecule has 1 amide bonds. The van der Waals surface area contributed by atoms with E-state index in [-0.39, 0.29) is 5.69 Å². The molecule has 3 N–H and O–H groups in total. The SMILES string of the molecule is CC1(C)OC(N)=N[C@](C)(c2cc(NC(=O)c3cnc(C(F)(F)F)cn3)ccc2F)C1(F)F. The summed E-state index contributed by atoms with van der Waals surface area (Å²) in [5.41, 5.74) is -1.58. The number of alkyl halides is 5. The normalized spacial score (nSPS) is 22.0. The number of anilines is 1. The Morgan fingerprint density at radius 1 is 1.12 bits per heavy atom. The van der Waals surface area contributed by atoms with E-state index >= 15 is 8.78 Å². The second-order valence-corrected chi connectivity index (χ2v) is 7.64. The highest BCUT2D eigenvalue weighted by Crippen LogP contribution is 2.51. The topological polar surface area (TPSA) is 102 Å². The van der Waals surface area contributed by atoms with Gasteiger partial charge in [0.15, 0.2) is 16.8 Å². The van der Waals surface area contributed by atoms with E-state index < -0.39 is 57.9 Å². The Morgan fingerprint density at radius 3 is 2.34 bits per heavy atom. The number of hydrogen-bond donors (Lipinski definition) is 2. The molecule has 0 aliphatic carbocycles. The molecule has 13 heteroatoms. The van der Waals surface area contributed by atoms with Crippen molar-refractivity contribution in [2.45, 2.75) is 44.0 Å². The molecule has 0 saturated heterocycles. The van der Waals surface area contributed by atoms with Crippen LogP contribution in [0.1, 0.15) is 42.5 Å². The number of carbonyl (C=O) groups is 1. The van der Waals surface area contributed by atoms with Crippen LogP contribution >= 0.6 is 0 Å². The zero-order valence-electron chi connectivity index (χ0n) is 16.9. The summed E-state index contributed by atoms with van der Waals surface area (Å²) < 4.78 is 87.7. The van der Waals surface area contributed by atoms with Crippen LogP contribution in [0.5, 0.6) is 0 Å². The molecule has 0 spiro atoms. The quantitative estimate of drug-likeness (QED) is 0.676. The molecule has 1 aliphatic rings. The van der Waals surface area contributed by atoms with Crippen LogP contribution in [0.25, 0.3) is 0 Å². The molecule has 1 aliphatic heterocycles. The molecular weight excluding hydrogens is 444 g/mol. The van der Waals surface area contributed by atoms with Crippen LogP contribution in [0.4, 0.5) is 32.0 Å². The molecule has 2 heterocycles. The fraction of sp³-hybridized carbons (Fsp3) is 0.368. The minimum absolute atomic E-state index is 0.136. The molecule has 0 bridgehead atoms. The van der Waals surface area contributed by atoms with Crippen LogP contribution in [-0.2, 0) is 16.5 Å². The third kappa shape index (κ3) is 3.82. The fourth-order valence-electron chi connectivity index (χ4n) is 3.22. The third-order valence-corrected chi connectivity index (χ3v) is 4.98. The van der Waals surface area contributed by atoms with Crippen LogP contribution < -0.4 is 11.1 Å². The van der Waals surface area contributed by atoms with Crippen molar-refractivity contribution in [2.75, 3.05) is 5.32 Å². The first-order valence-electron chi connectivity index (χ1n) is 9.01. The zero-order chi connectivity index (χ0) is 24.1. The number of nitrogens with two attached hydrogens (primary N) is 1. The molecule has 0 fully saturated rings. The highest BCUT2D eigenvalue weighted by molar-refractivity contribution is 6.02. The number of amidine groups is 1. The van der Waals surface area contributed by atoms with Gasteiger partial charge in [0, 0.05) is 11.3 Å². The van der Waals surface area contributed by atoms with E-state index in [1.807, 2.05) is 0 Å². The fourth-order valence-corrected chi connectivity index (χ4v) is 3.22. The molecule has 0 saturated carbocycles. The smallest absolute Gasteiger partial charge is 0.434 e. The van der Waals surface area contributed by atoms with Gasteiger partial charge in [-0.15, -0.1) is 0 Å². The number of nitrogens with zero attached hydrogens (tertiary/aromatic N) is 3. The van der Waals surface area contributed by atoms with Crippen molar-refractivity contribution in [3.8, 4) is 0 Å². The number of halogens is 6. The molecule has 32 heavy (non-hydrogen) atoms. The lowest BCUT2D eigenvalue weighted by atomic mass is 9.77. The molecule has 2 aromatic rings. The van der Waals surface area contributed by atoms with E-state index in [2.05, 4.69) is 20.3 Å². The number of amides is 1. The monoisotopic (exact) mass is 461 g/mol. The number of hydrogen-bond acceptors (Lipinski definition) is 6. The van der Waals surface area contributed by atoms with Crippen LogP contribution in [0.15, 0.2) is 35.6 Å². The molecule has 1 atom stereocenters. The average Bonchev–Trinajstić information content (AvgIpc) is 2.67. The Hall–Kier alpha value is -3.38. The van der Waals surface area contributed by atoms with Crippen molar-refractivity contribution in [3.05, 3.63) is 53.4 Å². The van der Waals surface area contributed by atoms with E-state index in [0.717, 1.165) is 39.0 Å². The molecule has 172 valence electrons. The lowest BCUT2D eigenvalue weighted by molar-refractivity contribution is -0.207. The van der Waals surface area contributed by atoms with Gasteiger partial charge < -0.3 is 15.8 Å². The minimum atomic E-state index is -4.74. The van der Waals surface area contributed by atoms with Crippen LogP contribution in [0, 0.1) is 5.82 Å². The predicted octanol–water partition coefficient (Wildman–Crippen LogP) is 3.86. The summed E-state index contributed by atoms with van der Waals surface area (Å²) >= 11 is 0. The standard InChI is InChI=1S/C19H17F6N5O2/c1-16(2)19(24,25)17(3,30-15(26)32-16)10-6-9(4-5-11(10)20)29-14(31)12-7-28-13(8-27-12)18(21,22)23/h4-8H,1-3H3,(H2,26,30)(H,29,31)/t17-/m1/s1. The summed E-state index contributed by atoms with van der Waals surface area (Å²) in [6.07, 6.45) is -3.77. The van der Waals surface area contributed by atoms with Crippen molar-refractivity contribution >= 4 is 17.6 Å². The van der Waals surface area contributed by atoms with Gasteiger partial charge in [0.1, 0.15) is 11.5 Å². The van der Waals surface area contributed by atoms with E-state index in [1.54, 1.807) is 0 Å². The summed E-state index contributed by atoms with van der Waals surface area (Å²) in [5.74, 6) is -5.77. The summed E-state index contributed by atoms with van der Waals surface area (Å²) in [7, 11) is 0. The second-order valence-electron chi connectivity index (χ2n) is 7.64. The Labute approximate surface area is 177 Å². The first-order valence-corrected chi connectivity index (χ1v) is 9.01. The Balaban J connectivity index is 1.96. The van der Waals surface area contributed by atoms with Crippen molar-refractivity contribution in [1.29, 1.82) is 0 Å². The molecule has 0 unspecified atom stereocenters. The lowest BCUT2D eigenvalue weighted by Crippen LogP contribution is -2.62. The summed E-state index contributed by atoms with van der Waals surface area (Å²) in [5, 5.41) is 2.25. The van der Waals surface area contributed by atoms with Gasteiger partial charge in [-0.25, -0.2) is 19.4 Å². The van der Waals surface area contributed by atoms with Crippen LogP contribution in [0.2, 0.25) is 0 Å². The number of benzene rings is 1. The van der Waals surface area contributed by atoms with Gasteiger partial charge in [0.05, 0.1) is 12.4 Å². The Bertz CT molecular complexity index is 1080. The van der Waals surface area contributed by atoms with E-state index in [9.17, 15) is 22.4 Å². The van der Waals surface area contributed by atoms with Gasteiger partial charge in [-0.3, -0.25) is 4.79 Å². The maximum atomic E-state index is 15.2. The number of nitrogens with one attached hydrogen (secondary N) is 1. The maximum Gasteiger partial charge on any atom is 0.434 e. The Morgan fingerprint density at radius 2 is 1.78 bits per heavy atom. The average molecular weight is 461 g/mol. The number of aromatic nitrogens is 2. The minimum Gasteiger partial charge on any atom is -0.453 e. The van der Waals surface area contributed by atoms with Gasteiger partial charge >= 0.3 is 12.1 Å². The maximum absolute atomic E-state index is 15.2. The zero-order valence-corrected chi connectivity index (χ0v) is 16.9. The van der Waals surface area contributed by atoms with Crippen molar-refractivity contribution < 1.29 is 35.9 Å². The van der Waals surface area contributed by atoms with Crippen LogP contribution in [0.3, 0.4) is 0 Å². The third-order valence-electron chi connectivity index (χ3n) is 4.98. The molecule has 0 radical (unpaired) electrons. The molecular formula is C19H17F6N5O2. The number of aliphatic imine (C=N–C) groups is 1. The first kappa shape index (κ1) is 23.3. The van der Waals surface area contributed by atoms with Gasteiger partial charge in [-0.05, 0) is 39.0 Å². The molecule has 1 aromatic heterocycles. The van der Waals surface area contributed by atoms with Gasteiger partial charge in [-0.2, -0.15) is 22.0 Å². The summed E-state index contributed by atoms with van der Waals surface area (Å²) in [4.78, 5) is 22.5. The van der Waals surface area contributed by atoms with Crippen molar-refractivity contribution in [2.24, 2.45) is 10.7 Å². The number of ether oxygens (including phenoxy) is 1. The molecule has 7 nitrogen and oxygen atoms in total. The predicted molar refractivity (Wildman–Crippen MR) is 100 cm³/mol. The number of carbonyl (C=O) groups excluding carboxylic acids is 1. The van der Waals surface area contributed by atoms with Gasteiger partial charge in [-0.1, -0.05) is 0 Å². The highest BCUT2D eigenvalue weighted by Gasteiger charge is 2.66. The highest BCUT2D eigenvalue weighted by atomic mass is 19.4. The first-order chi connectivity index (χ1) is 14.6. The second kappa shape index (κ2) is 7.35. The largest absolute Gasteiger partial charge is 0.453 e. The lowest BCUT2D eigenvalue weighted by Gasteiger charge is -2.46.